The molecule has 0 fully saturated rings. The molecule has 0 saturated heterocycles. The molecule has 0 aliphatic heterocycles. The molecule has 5 nitrogen and oxygen atoms in total. The maximum absolute atomic E-state index is 12.5. The molecule has 0 saturated carbocycles. The van der Waals surface area contributed by atoms with Crippen molar-refractivity contribution in [2.24, 2.45) is 0 Å². The standard InChI is InChI=1S/C14H15BrN2O3/c1-19-6-4-17(10-13-3-2-5-20-13)14(18)11-7-12(15)9-16-8-11/h2-3,5,7-9H,4,6,10H2,1H3. The largest absolute Gasteiger partial charge is 0.467 e. The number of furan rings is 1. The molecule has 0 spiro atoms. The van der Waals surface area contributed by atoms with E-state index < -0.39 is 0 Å². The third kappa shape index (κ3) is 3.91. The van der Waals surface area contributed by atoms with Crippen molar-refractivity contribution in [3.63, 3.8) is 0 Å². The predicted octanol–water partition coefficient (Wildman–Crippen LogP) is 2.73. The summed E-state index contributed by atoms with van der Waals surface area (Å²) >= 11 is 3.32. The molecular weight excluding hydrogens is 324 g/mol. The summed E-state index contributed by atoms with van der Waals surface area (Å²) in [5.74, 6) is 0.629. The van der Waals surface area contributed by atoms with Crippen LogP contribution in [0.1, 0.15) is 16.1 Å². The second-order valence-electron chi connectivity index (χ2n) is 4.19. The van der Waals surface area contributed by atoms with E-state index in [1.165, 1.54) is 0 Å². The monoisotopic (exact) mass is 338 g/mol. The summed E-state index contributed by atoms with van der Waals surface area (Å²) < 4.78 is 11.1. The molecule has 20 heavy (non-hydrogen) atoms. The molecule has 0 aliphatic rings. The summed E-state index contributed by atoms with van der Waals surface area (Å²) in [6, 6.07) is 5.39. The van der Waals surface area contributed by atoms with E-state index in [2.05, 4.69) is 20.9 Å². The molecular formula is C14H15BrN2O3. The van der Waals surface area contributed by atoms with Gasteiger partial charge in [-0.1, -0.05) is 0 Å². The van der Waals surface area contributed by atoms with Gasteiger partial charge in [-0.05, 0) is 34.1 Å². The van der Waals surface area contributed by atoms with Crippen LogP contribution in [0.3, 0.4) is 0 Å². The third-order valence-corrected chi connectivity index (χ3v) is 3.16. The van der Waals surface area contributed by atoms with Gasteiger partial charge < -0.3 is 14.1 Å². The number of nitrogens with zero attached hydrogens (tertiary/aromatic N) is 2. The van der Waals surface area contributed by atoms with Crippen LogP contribution in [0.5, 0.6) is 0 Å². The molecule has 2 aromatic rings. The average Bonchev–Trinajstić information content (AvgIpc) is 2.95. The normalized spacial score (nSPS) is 10.5. The van der Waals surface area contributed by atoms with E-state index in [4.69, 9.17) is 9.15 Å². The third-order valence-electron chi connectivity index (χ3n) is 2.73. The molecule has 106 valence electrons. The van der Waals surface area contributed by atoms with Crippen LogP contribution >= 0.6 is 15.9 Å². The van der Waals surface area contributed by atoms with Gasteiger partial charge in [0.25, 0.3) is 5.91 Å². The maximum atomic E-state index is 12.5. The SMILES string of the molecule is COCCN(Cc1ccco1)C(=O)c1cncc(Br)c1. The highest BCUT2D eigenvalue weighted by atomic mass is 79.9. The van der Waals surface area contributed by atoms with Crippen molar-refractivity contribution in [3.8, 4) is 0 Å². The van der Waals surface area contributed by atoms with Crippen molar-refractivity contribution in [3.05, 3.63) is 52.7 Å². The summed E-state index contributed by atoms with van der Waals surface area (Å²) in [6.45, 7) is 1.36. The van der Waals surface area contributed by atoms with E-state index >= 15 is 0 Å². The lowest BCUT2D eigenvalue weighted by atomic mass is 10.2. The molecule has 0 unspecified atom stereocenters. The molecule has 0 N–H and O–H groups in total. The highest BCUT2D eigenvalue weighted by Gasteiger charge is 2.17. The molecule has 0 radical (unpaired) electrons. The minimum atomic E-state index is -0.104. The van der Waals surface area contributed by atoms with Crippen molar-refractivity contribution in [2.75, 3.05) is 20.3 Å². The van der Waals surface area contributed by atoms with Crippen LogP contribution < -0.4 is 0 Å². The molecule has 0 bridgehead atoms. The fourth-order valence-electron chi connectivity index (χ4n) is 1.76. The zero-order valence-electron chi connectivity index (χ0n) is 11.1. The van der Waals surface area contributed by atoms with Gasteiger partial charge >= 0.3 is 0 Å². The van der Waals surface area contributed by atoms with Gasteiger partial charge in [0.05, 0.1) is 25.0 Å². The highest BCUT2D eigenvalue weighted by Crippen LogP contribution is 2.14. The number of halogens is 1. The van der Waals surface area contributed by atoms with Crippen molar-refractivity contribution in [1.82, 2.24) is 9.88 Å². The van der Waals surface area contributed by atoms with Gasteiger partial charge in [-0.15, -0.1) is 0 Å². The van der Waals surface area contributed by atoms with E-state index in [0.29, 0.717) is 25.3 Å². The Labute approximate surface area is 125 Å². The first-order valence-corrected chi connectivity index (χ1v) is 6.91. The molecule has 2 aromatic heterocycles. The number of hydrogen-bond donors (Lipinski definition) is 0. The van der Waals surface area contributed by atoms with Crippen LogP contribution in [0.2, 0.25) is 0 Å². The fourth-order valence-corrected chi connectivity index (χ4v) is 2.12. The summed E-state index contributed by atoms with van der Waals surface area (Å²) in [5, 5.41) is 0. The lowest BCUT2D eigenvalue weighted by Crippen LogP contribution is -2.33. The van der Waals surface area contributed by atoms with E-state index in [9.17, 15) is 4.79 Å². The zero-order valence-corrected chi connectivity index (χ0v) is 12.7. The van der Waals surface area contributed by atoms with Crippen LogP contribution in [0.15, 0.2) is 45.7 Å². The Kier molecular flexibility index (Phi) is 5.31. The van der Waals surface area contributed by atoms with Gasteiger partial charge in [-0.3, -0.25) is 9.78 Å². The molecule has 0 atom stereocenters. The molecule has 6 heteroatoms. The van der Waals surface area contributed by atoms with Crippen LogP contribution in [0.25, 0.3) is 0 Å². The van der Waals surface area contributed by atoms with Crippen LogP contribution in [-0.4, -0.2) is 36.1 Å². The lowest BCUT2D eigenvalue weighted by molar-refractivity contribution is 0.0666. The van der Waals surface area contributed by atoms with Crippen molar-refractivity contribution in [2.45, 2.75) is 6.54 Å². The zero-order chi connectivity index (χ0) is 14.4. The second kappa shape index (κ2) is 7.21. The van der Waals surface area contributed by atoms with E-state index in [1.54, 1.807) is 42.8 Å². The van der Waals surface area contributed by atoms with E-state index in [-0.39, 0.29) is 5.91 Å². The Hall–Kier alpha value is -1.66. The Morgan fingerprint density at radius 1 is 1.50 bits per heavy atom. The number of carbonyl (C=O) groups excluding carboxylic acids is 1. The predicted molar refractivity (Wildman–Crippen MR) is 77.3 cm³/mol. The number of methoxy groups -OCH3 is 1. The molecule has 0 aromatic carbocycles. The first-order chi connectivity index (χ1) is 9.70. The molecule has 2 rings (SSSR count). The summed E-state index contributed by atoms with van der Waals surface area (Å²) in [7, 11) is 1.61. The van der Waals surface area contributed by atoms with E-state index in [1.807, 2.05) is 6.07 Å². The van der Waals surface area contributed by atoms with Gasteiger partial charge in [-0.2, -0.15) is 0 Å². The van der Waals surface area contributed by atoms with Crippen molar-refractivity contribution >= 4 is 21.8 Å². The minimum absolute atomic E-state index is 0.104. The van der Waals surface area contributed by atoms with Crippen molar-refractivity contribution in [1.29, 1.82) is 0 Å². The number of carbonyl (C=O) groups is 1. The number of aromatic nitrogens is 1. The first kappa shape index (κ1) is 14.7. The number of amides is 1. The maximum Gasteiger partial charge on any atom is 0.255 e. The Balaban J connectivity index is 2.14. The van der Waals surface area contributed by atoms with Crippen LogP contribution in [0, 0.1) is 0 Å². The van der Waals surface area contributed by atoms with Gasteiger partial charge in [-0.25, -0.2) is 0 Å². The summed E-state index contributed by atoms with van der Waals surface area (Å²) in [4.78, 5) is 18.2. The lowest BCUT2D eigenvalue weighted by Gasteiger charge is -2.21. The topological polar surface area (TPSA) is 55.6 Å². The smallest absolute Gasteiger partial charge is 0.255 e. The number of hydrogen-bond acceptors (Lipinski definition) is 4. The van der Waals surface area contributed by atoms with Gasteiger partial charge in [0, 0.05) is 30.5 Å². The van der Waals surface area contributed by atoms with Gasteiger partial charge in [0.1, 0.15) is 5.76 Å². The number of pyridine rings is 1. The Bertz CT molecular complexity index is 557. The van der Waals surface area contributed by atoms with Gasteiger partial charge in [0.15, 0.2) is 0 Å². The minimum Gasteiger partial charge on any atom is -0.467 e. The molecule has 2 heterocycles. The highest BCUT2D eigenvalue weighted by molar-refractivity contribution is 9.10. The number of rotatable bonds is 6. The molecule has 1 amide bonds. The molecule has 0 aliphatic carbocycles. The van der Waals surface area contributed by atoms with Crippen molar-refractivity contribution < 1.29 is 13.9 Å². The fraction of sp³-hybridized carbons (Fsp3) is 0.286. The number of ether oxygens (including phenoxy) is 1. The van der Waals surface area contributed by atoms with Crippen LogP contribution in [-0.2, 0) is 11.3 Å². The summed E-state index contributed by atoms with van der Waals surface area (Å²) in [5.41, 5.74) is 0.530. The summed E-state index contributed by atoms with van der Waals surface area (Å²) in [6.07, 6.45) is 4.78. The quantitative estimate of drug-likeness (QED) is 0.812. The first-order valence-electron chi connectivity index (χ1n) is 6.12. The second-order valence-corrected chi connectivity index (χ2v) is 5.11. The van der Waals surface area contributed by atoms with Gasteiger partial charge in [0.2, 0.25) is 0 Å². The Morgan fingerprint density at radius 3 is 3.00 bits per heavy atom. The van der Waals surface area contributed by atoms with E-state index in [0.717, 1.165) is 10.2 Å². The van der Waals surface area contributed by atoms with Crippen LogP contribution in [0.4, 0.5) is 0 Å². The average molecular weight is 339 g/mol. The Morgan fingerprint density at radius 2 is 2.35 bits per heavy atom.